The van der Waals surface area contributed by atoms with Crippen molar-refractivity contribution in [3.05, 3.63) is 0 Å². The van der Waals surface area contributed by atoms with Crippen LogP contribution in [0.5, 0.6) is 0 Å². The zero-order valence-corrected chi connectivity index (χ0v) is 7.80. The number of nitrogens with zero attached hydrogens (tertiary/aromatic N) is 1. The van der Waals surface area contributed by atoms with E-state index in [-0.39, 0.29) is 6.54 Å². The summed E-state index contributed by atoms with van der Waals surface area (Å²) in [5, 5.41) is 0. The maximum Gasteiger partial charge on any atom is 0.125 e. The van der Waals surface area contributed by atoms with Crippen molar-refractivity contribution < 1.29 is 4.39 Å². The number of piperidine rings is 1. The summed E-state index contributed by atoms with van der Waals surface area (Å²) < 4.78 is 12.9. The molecule has 1 saturated heterocycles. The molecule has 0 aliphatic carbocycles. The van der Waals surface area contributed by atoms with E-state index in [1.807, 2.05) is 0 Å². The van der Waals surface area contributed by atoms with Gasteiger partial charge >= 0.3 is 0 Å². The number of hydrogen-bond donors (Lipinski definition) is 1. The number of rotatable bonds is 3. The molecule has 0 aromatic rings. The summed E-state index contributed by atoms with van der Waals surface area (Å²) in [5.74, 6) is 0. The van der Waals surface area contributed by atoms with Gasteiger partial charge in [-0.15, -0.1) is 0 Å². The second-order valence-electron chi connectivity index (χ2n) is 3.67. The molecular weight excluding hydrogens is 155 g/mol. The highest BCUT2D eigenvalue weighted by Crippen LogP contribution is 2.16. The lowest BCUT2D eigenvalue weighted by atomic mass is 10.0. The number of hydrogen-bond acceptors (Lipinski definition) is 2. The molecule has 2 nitrogen and oxygen atoms in total. The van der Waals surface area contributed by atoms with Gasteiger partial charge in [0, 0.05) is 19.1 Å². The van der Waals surface area contributed by atoms with E-state index in [4.69, 9.17) is 5.73 Å². The second kappa shape index (κ2) is 4.77. The minimum Gasteiger partial charge on any atom is -0.328 e. The molecule has 0 aromatic carbocycles. The molecule has 1 aliphatic rings. The largest absolute Gasteiger partial charge is 0.328 e. The molecule has 2 atom stereocenters. The lowest BCUT2D eigenvalue weighted by Crippen LogP contribution is -2.42. The first-order valence-corrected chi connectivity index (χ1v) is 4.82. The van der Waals surface area contributed by atoms with Crippen molar-refractivity contribution in [2.75, 3.05) is 19.6 Å². The van der Waals surface area contributed by atoms with E-state index >= 15 is 0 Å². The molecule has 12 heavy (non-hydrogen) atoms. The molecule has 0 aromatic heterocycles. The molecule has 0 bridgehead atoms. The highest BCUT2D eigenvalue weighted by atomic mass is 19.1. The van der Waals surface area contributed by atoms with Gasteiger partial charge in [0.05, 0.1) is 0 Å². The van der Waals surface area contributed by atoms with Crippen LogP contribution in [0.25, 0.3) is 0 Å². The Balaban J connectivity index is 2.28. The van der Waals surface area contributed by atoms with Gasteiger partial charge < -0.3 is 5.73 Å². The number of halogens is 1. The smallest absolute Gasteiger partial charge is 0.125 e. The Morgan fingerprint density at radius 3 is 2.92 bits per heavy atom. The zero-order chi connectivity index (χ0) is 8.97. The average Bonchev–Trinajstić information content (AvgIpc) is 2.09. The molecule has 1 fully saturated rings. The lowest BCUT2D eigenvalue weighted by molar-refractivity contribution is 0.121. The molecule has 1 aliphatic heterocycles. The fourth-order valence-corrected chi connectivity index (χ4v) is 1.76. The first-order chi connectivity index (χ1) is 5.74. The van der Waals surface area contributed by atoms with E-state index < -0.39 is 6.17 Å². The summed E-state index contributed by atoms with van der Waals surface area (Å²) in [6.45, 7) is 3.89. The Morgan fingerprint density at radius 2 is 2.33 bits per heavy atom. The highest BCUT2D eigenvalue weighted by molar-refractivity contribution is 4.75. The van der Waals surface area contributed by atoms with E-state index in [1.165, 1.54) is 19.3 Å². The quantitative estimate of drug-likeness (QED) is 0.695. The summed E-state index contributed by atoms with van der Waals surface area (Å²) in [6.07, 6.45) is 2.86. The van der Waals surface area contributed by atoms with Crippen LogP contribution in [0.1, 0.15) is 26.2 Å². The first-order valence-electron chi connectivity index (χ1n) is 4.82. The third-order valence-electron chi connectivity index (χ3n) is 2.63. The van der Waals surface area contributed by atoms with E-state index in [9.17, 15) is 4.39 Å². The van der Waals surface area contributed by atoms with Gasteiger partial charge in [-0.2, -0.15) is 0 Å². The van der Waals surface area contributed by atoms with Crippen LogP contribution in [0.3, 0.4) is 0 Å². The van der Waals surface area contributed by atoms with Gasteiger partial charge in [-0.1, -0.05) is 6.42 Å². The molecule has 0 saturated carbocycles. The van der Waals surface area contributed by atoms with Gasteiger partial charge in [0.15, 0.2) is 0 Å². The van der Waals surface area contributed by atoms with Crippen LogP contribution in [-0.4, -0.2) is 36.7 Å². The Labute approximate surface area is 73.9 Å². The molecule has 3 heteroatoms. The Bertz CT molecular complexity index is 130. The topological polar surface area (TPSA) is 29.3 Å². The van der Waals surface area contributed by atoms with E-state index in [2.05, 4.69) is 11.8 Å². The van der Waals surface area contributed by atoms with Crippen LogP contribution >= 0.6 is 0 Å². The van der Waals surface area contributed by atoms with E-state index in [0.717, 1.165) is 6.54 Å². The third kappa shape index (κ3) is 2.72. The summed E-state index contributed by atoms with van der Waals surface area (Å²) in [5.41, 5.74) is 5.23. The van der Waals surface area contributed by atoms with E-state index in [0.29, 0.717) is 12.6 Å². The summed E-state index contributed by atoms with van der Waals surface area (Å²) in [4.78, 5) is 2.21. The van der Waals surface area contributed by atoms with Crippen LogP contribution in [0.4, 0.5) is 4.39 Å². The minimum atomic E-state index is -0.842. The summed E-state index contributed by atoms with van der Waals surface area (Å²) >= 11 is 0. The van der Waals surface area contributed by atoms with Crippen LogP contribution in [0, 0.1) is 0 Å². The number of nitrogens with two attached hydrogens (primary N) is 1. The first kappa shape index (κ1) is 9.93. The predicted octanol–water partition coefficient (Wildman–Crippen LogP) is 1.16. The highest BCUT2D eigenvalue weighted by Gasteiger charge is 2.20. The van der Waals surface area contributed by atoms with Crippen molar-refractivity contribution in [1.82, 2.24) is 4.90 Å². The molecule has 0 radical (unpaired) electrons. The molecule has 72 valence electrons. The predicted molar refractivity (Wildman–Crippen MR) is 48.8 cm³/mol. The van der Waals surface area contributed by atoms with Crippen molar-refractivity contribution in [3.63, 3.8) is 0 Å². The Kier molecular flexibility index (Phi) is 3.95. The van der Waals surface area contributed by atoms with Crippen molar-refractivity contribution in [2.45, 2.75) is 38.4 Å². The van der Waals surface area contributed by atoms with Crippen LogP contribution < -0.4 is 5.73 Å². The molecule has 0 amide bonds. The Morgan fingerprint density at radius 1 is 1.58 bits per heavy atom. The van der Waals surface area contributed by atoms with Gasteiger partial charge in [0.25, 0.3) is 0 Å². The van der Waals surface area contributed by atoms with Gasteiger partial charge in [0.1, 0.15) is 6.17 Å². The fourth-order valence-electron chi connectivity index (χ4n) is 1.76. The van der Waals surface area contributed by atoms with E-state index in [1.54, 1.807) is 0 Å². The van der Waals surface area contributed by atoms with Crippen molar-refractivity contribution in [1.29, 1.82) is 0 Å². The van der Waals surface area contributed by atoms with Gasteiger partial charge in [-0.25, -0.2) is 4.39 Å². The van der Waals surface area contributed by atoms with Crippen LogP contribution in [0.15, 0.2) is 0 Å². The molecule has 0 spiro atoms. The lowest BCUT2D eigenvalue weighted by Gasteiger charge is -2.33. The number of alkyl halides is 1. The maximum atomic E-state index is 12.9. The summed E-state index contributed by atoms with van der Waals surface area (Å²) in [6, 6.07) is 0.545. The standard InChI is InChI=1S/C9H19FN2/c1-8-4-2-3-5-12(8)7-9(10)6-11/h8-9H,2-7,11H2,1H3. The maximum absolute atomic E-state index is 12.9. The molecular formula is C9H19FN2. The van der Waals surface area contributed by atoms with Crippen LogP contribution in [0.2, 0.25) is 0 Å². The molecule has 1 heterocycles. The van der Waals surface area contributed by atoms with Gasteiger partial charge in [0.2, 0.25) is 0 Å². The average molecular weight is 174 g/mol. The molecule has 2 N–H and O–H groups in total. The third-order valence-corrected chi connectivity index (χ3v) is 2.63. The SMILES string of the molecule is CC1CCCCN1CC(F)CN. The second-order valence-corrected chi connectivity index (χ2v) is 3.67. The van der Waals surface area contributed by atoms with Crippen LogP contribution in [-0.2, 0) is 0 Å². The number of likely N-dealkylation sites (tertiary alicyclic amines) is 1. The summed E-state index contributed by atoms with van der Waals surface area (Å²) in [7, 11) is 0. The molecule has 2 unspecified atom stereocenters. The Hall–Kier alpha value is -0.150. The van der Waals surface area contributed by atoms with Crippen molar-refractivity contribution >= 4 is 0 Å². The van der Waals surface area contributed by atoms with Gasteiger partial charge in [-0.3, -0.25) is 4.90 Å². The monoisotopic (exact) mass is 174 g/mol. The minimum absolute atomic E-state index is 0.156. The van der Waals surface area contributed by atoms with Gasteiger partial charge in [-0.05, 0) is 26.3 Å². The normalized spacial score (nSPS) is 28.8. The molecule has 1 rings (SSSR count). The fraction of sp³-hybridized carbons (Fsp3) is 1.00. The van der Waals surface area contributed by atoms with Crippen molar-refractivity contribution in [3.8, 4) is 0 Å². The zero-order valence-electron chi connectivity index (χ0n) is 7.80. The van der Waals surface area contributed by atoms with Crippen molar-refractivity contribution in [2.24, 2.45) is 5.73 Å².